The minimum Gasteiger partial charge on any atom is -0.366 e. The molecule has 4 rings (SSSR count). The Morgan fingerprint density at radius 2 is 1.88 bits per heavy atom. The zero-order valence-corrected chi connectivity index (χ0v) is 18.8. The number of carbonyl (C=O) groups is 2. The van der Waals surface area contributed by atoms with E-state index in [4.69, 9.17) is 12.2 Å². The van der Waals surface area contributed by atoms with Crippen LogP contribution in [0.2, 0.25) is 0 Å². The first-order chi connectivity index (χ1) is 15.3. The molecule has 2 aromatic carbocycles. The maximum Gasteiger partial charge on any atom is 0.242 e. The molecule has 0 spiro atoms. The molecule has 0 radical (unpaired) electrons. The van der Waals surface area contributed by atoms with E-state index in [-0.39, 0.29) is 18.2 Å². The second-order valence-electron chi connectivity index (χ2n) is 7.90. The minimum absolute atomic E-state index is 0.0662. The lowest BCUT2D eigenvalue weighted by Crippen LogP contribution is -2.49. The van der Waals surface area contributed by atoms with Gasteiger partial charge in [0.15, 0.2) is 16.4 Å². The number of ketones is 1. The monoisotopic (exact) mass is 453 g/mol. The topological polar surface area (TPSA) is 74.2 Å². The molecule has 1 aromatic heterocycles. The molecule has 1 amide bonds. The Bertz CT molecular complexity index is 1230. The largest absolute Gasteiger partial charge is 0.366 e. The van der Waals surface area contributed by atoms with Crippen LogP contribution in [0.1, 0.15) is 22.8 Å². The smallest absolute Gasteiger partial charge is 0.242 e. The Kier molecular flexibility index (Phi) is 6.18. The van der Waals surface area contributed by atoms with Crippen LogP contribution in [-0.2, 0) is 11.3 Å². The van der Waals surface area contributed by atoms with Crippen molar-refractivity contribution in [1.82, 2.24) is 19.7 Å². The predicted molar refractivity (Wildman–Crippen MR) is 123 cm³/mol. The van der Waals surface area contributed by atoms with E-state index in [0.717, 1.165) is 11.1 Å². The number of nitrogens with one attached hydrogen (secondary N) is 1. The van der Waals surface area contributed by atoms with E-state index < -0.39 is 5.82 Å². The highest BCUT2D eigenvalue weighted by molar-refractivity contribution is 7.71. The molecule has 0 atom stereocenters. The number of hydrogen-bond acceptors (Lipinski definition) is 5. The lowest BCUT2D eigenvalue weighted by atomic mass is 10.1. The second-order valence-corrected chi connectivity index (χ2v) is 8.28. The predicted octanol–water partition coefficient (Wildman–Crippen LogP) is 3.61. The number of benzene rings is 2. The number of rotatable bonds is 5. The third-order valence-electron chi connectivity index (χ3n) is 5.66. The summed E-state index contributed by atoms with van der Waals surface area (Å²) in [5.74, 6) is -0.0412. The fourth-order valence-electron chi connectivity index (χ4n) is 3.88. The zero-order chi connectivity index (χ0) is 22.8. The van der Waals surface area contributed by atoms with Crippen molar-refractivity contribution in [2.75, 3.05) is 31.1 Å². The molecule has 2 heterocycles. The maximum atomic E-state index is 14.5. The highest BCUT2D eigenvalue weighted by Crippen LogP contribution is 2.23. The van der Waals surface area contributed by atoms with Crippen molar-refractivity contribution in [2.24, 2.45) is 0 Å². The Morgan fingerprint density at radius 1 is 1.12 bits per heavy atom. The van der Waals surface area contributed by atoms with Gasteiger partial charge < -0.3 is 9.80 Å². The number of aromatic nitrogens is 3. The van der Waals surface area contributed by atoms with Crippen LogP contribution in [0.4, 0.5) is 10.1 Å². The SMILES string of the molecule is CC(=O)c1ccc(N2CCN(C(=O)Cn3c(-c4cccc(C)c4)n[nH]c3=S)CC2)c(F)c1. The number of aryl methyl sites for hydroxylation is 1. The summed E-state index contributed by atoms with van der Waals surface area (Å²) in [7, 11) is 0. The van der Waals surface area contributed by atoms with Crippen LogP contribution < -0.4 is 4.90 Å². The third kappa shape index (κ3) is 4.47. The normalized spacial score (nSPS) is 14.0. The van der Waals surface area contributed by atoms with E-state index in [1.54, 1.807) is 21.6 Å². The van der Waals surface area contributed by atoms with Crippen LogP contribution in [0, 0.1) is 17.5 Å². The van der Waals surface area contributed by atoms with Crippen LogP contribution >= 0.6 is 12.2 Å². The molecule has 0 aliphatic carbocycles. The van der Waals surface area contributed by atoms with Gasteiger partial charge in [0.2, 0.25) is 5.91 Å². The van der Waals surface area contributed by atoms with Crippen molar-refractivity contribution < 1.29 is 14.0 Å². The van der Waals surface area contributed by atoms with E-state index in [0.29, 0.717) is 48.0 Å². The van der Waals surface area contributed by atoms with Gasteiger partial charge in [-0.15, -0.1) is 0 Å². The fourth-order valence-corrected chi connectivity index (χ4v) is 4.08. The van der Waals surface area contributed by atoms with Gasteiger partial charge in [-0.1, -0.05) is 23.8 Å². The number of piperazine rings is 1. The van der Waals surface area contributed by atoms with Gasteiger partial charge in [-0.2, -0.15) is 5.10 Å². The van der Waals surface area contributed by atoms with Gasteiger partial charge in [-0.3, -0.25) is 19.3 Å². The Hall–Kier alpha value is -3.33. The van der Waals surface area contributed by atoms with Gasteiger partial charge in [0, 0.05) is 37.3 Å². The summed E-state index contributed by atoms with van der Waals surface area (Å²) in [6.07, 6.45) is 0. The standard InChI is InChI=1S/C23H24FN5O2S/c1-15-4-3-5-18(12-15)22-25-26-23(32)29(22)14-21(31)28-10-8-27(9-11-28)20-7-6-17(16(2)30)13-19(20)24/h3-7,12-13H,8-11,14H2,1-2H3,(H,26,32). The van der Waals surface area contributed by atoms with Crippen molar-refractivity contribution in [3.63, 3.8) is 0 Å². The summed E-state index contributed by atoms with van der Waals surface area (Å²) in [5.41, 5.74) is 2.77. The molecule has 1 N–H and O–H groups in total. The molecule has 0 bridgehead atoms. The summed E-state index contributed by atoms with van der Waals surface area (Å²) < 4.78 is 16.6. The molecule has 7 nitrogen and oxygen atoms in total. The van der Waals surface area contributed by atoms with Crippen molar-refractivity contribution in [2.45, 2.75) is 20.4 Å². The number of amides is 1. The van der Waals surface area contributed by atoms with Crippen molar-refractivity contribution >= 4 is 29.6 Å². The second kappa shape index (κ2) is 9.04. The molecule has 1 fully saturated rings. The molecule has 0 saturated carbocycles. The number of hydrogen-bond donors (Lipinski definition) is 1. The molecular formula is C23H24FN5O2S. The van der Waals surface area contributed by atoms with Gasteiger partial charge in [-0.25, -0.2) is 4.39 Å². The fraction of sp³-hybridized carbons (Fsp3) is 0.304. The highest BCUT2D eigenvalue weighted by Gasteiger charge is 2.24. The number of nitrogens with zero attached hydrogens (tertiary/aromatic N) is 4. The van der Waals surface area contributed by atoms with Crippen LogP contribution in [0.5, 0.6) is 0 Å². The van der Waals surface area contributed by atoms with E-state index in [2.05, 4.69) is 10.2 Å². The molecule has 32 heavy (non-hydrogen) atoms. The number of halogens is 1. The zero-order valence-electron chi connectivity index (χ0n) is 18.0. The van der Waals surface area contributed by atoms with Gasteiger partial charge in [-0.05, 0) is 50.3 Å². The Morgan fingerprint density at radius 3 is 2.53 bits per heavy atom. The van der Waals surface area contributed by atoms with Crippen molar-refractivity contribution in [3.8, 4) is 11.4 Å². The van der Waals surface area contributed by atoms with Gasteiger partial charge in [0.1, 0.15) is 12.4 Å². The number of carbonyl (C=O) groups excluding carboxylic acids is 2. The minimum atomic E-state index is -0.426. The van der Waals surface area contributed by atoms with Gasteiger partial charge in [0.05, 0.1) is 5.69 Å². The van der Waals surface area contributed by atoms with Crippen LogP contribution in [0.25, 0.3) is 11.4 Å². The van der Waals surface area contributed by atoms with E-state index in [1.807, 2.05) is 36.1 Å². The molecule has 166 valence electrons. The summed E-state index contributed by atoms with van der Waals surface area (Å²) >= 11 is 5.35. The molecule has 1 saturated heterocycles. The van der Waals surface area contributed by atoms with Crippen LogP contribution in [0.3, 0.4) is 0 Å². The number of anilines is 1. The average molecular weight is 454 g/mol. The molecule has 0 unspecified atom stereocenters. The van der Waals surface area contributed by atoms with Gasteiger partial charge >= 0.3 is 0 Å². The Balaban J connectivity index is 1.44. The molecule has 9 heteroatoms. The number of Topliss-reactive ketones (excluding diaryl/α,β-unsaturated/α-hetero) is 1. The van der Waals surface area contributed by atoms with Crippen molar-refractivity contribution in [3.05, 3.63) is 64.2 Å². The first kappa shape index (κ1) is 21.9. The summed E-state index contributed by atoms with van der Waals surface area (Å²) in [4.78, 5) is 28.1. The van der Waals surface area contributed by atoms with E-state index >= 15 is 0 Å². The van der Waals surface area contributed by atoms with E-state index in [9.17, 15) is 14.0 Å². The first-order valence-corrected chi connectivity index (χ1v) is 10.8. The van der Waals surface area contributed by atoms with E-state index in [1.165, 1.54) is 13.0 Å². The summed E-state index contributed by atoms with van der Waals surface area (Å²) in [6.45, 7) is 5.44. The maximum absolute atomic E-state index is 14.5. The van der Waals surface area contributed by atoms with Crippen LogP contribution in [0.15, 0.2) is 42.5 Å². The van der Waals surface area contributed by atoms with Gasteiger partial charge in [0.25, 0.3) is 0 Å². The highest BCUT2D eigenvalue weighted by atomic mass is 32.1. The lowest BCUT2D eigenvalue weighted by Gasteiger charge is -2.36. The molecule has 1 aliphatic heterocycles. The summed E-state index contributed by atoms with van der Waals surface area (Å²) in [6, 6.07) is 12.4. The molecule has 1 aliphatic rings. The summed E-state index contributed by atoms with van der Waals surface area (Å²) in [5, 5.41) is 7.09. The molecular weight excluding hydrogens is 429 g/mol. The third-order valence-corrected chi connectivity index (χ3v) is 5.97. The average Bonchev–Trinajstić information content (AvgIpc) is 3.14. The lowest BCUT2D eigenvalue weighted by molar-refractivity contribution is -0.132. The van der Waals surface area contributed by atoms with Crippen molar-refractivity contribution in [1.29, 1.82) is 0 Å². The number of aromatic amines is 1. The molecule has 3 aromatic rings. The Labute approximate surface area is 190 Å². The number of H-pyrrole nitrogens is 1. The first-order valence-electron chi connectivity index (χ1n) is 10.4. The quantitative estimate of drug-likeness (QED) is 0.472. The van der Waals surface area contributed by atoms with Crippen LogP contribution in [-0.4, -0.2) is 57.5 Å².